The average molecular weight is 444 g/mol. The SMILES string of the molecule is C[C@@H](NS(=O)(=O)CCCCCN1C(=O)NCC1O)c1ccc(F)c(OCC2CC2)c1. The number of unbranched alkanes of at least 4 members (excludes halogenated alkanes) is 2. The number of hydrogen-bond donors (Lipinski definition) is 3. The summed E-state index contributed by atoms with van der Waals surface area (Å²) in [5.41, 5.74) is 0.639. The van der Waals surface area contributed by atoms with Crippen molar-refractivity contribution >= 4 is 16.1 Å². The maximum Gasteiger partial charge on any atom is 0.319 e. The van der Waals surface area contributed by atoms with Crippen LogP contribution in [0.4, 0.5) is 9.18 Å². The summed E-state index contributed by atoms with van der Waals surface area (Å²) < 4.78 is 46.8. The van der Waals surface area contributed by atoms with Crippen LogP contribution in [0.15, 0.2) is 18.2 Å². The van der Waals surface area contributed by atoms with Gasteiger partial charge in [-0.05, 0) is 56.2 Å². The van der Waals surface area contributed by atoms with E-state index < -0.39 is 28.1 Å². The van der Waals surface area contributed by atoms with Gasteiger partial charge in [-0.3, -0.25) is 4.90 Å². The second-order valence-corrected chi connectivity index (χ2v) is 9.90. The Hall–Kier alpha value is -1.91. The van der Waals surface area contributed by atoms with Crippen molar-refractivity contribution in [2.45, 2.75) is 51.3 Å². The van der Waals surface area contributed by atoms with Crippen molar-refractivity contribution in [2.75, 3.05) is 25.4 Å². The molecule has 1 aromatic rings. The van der Waals surface area contributed by atoms with Gasteiger partial charge in [-0.15, -0.1) is 0 Å². The Morgan fingerprint density at radius 3 is 2.77 bits per heavy atom. The average Bonchev–Trinajstić information content (AvgIpc) is 3.46. The highest BCUT2D eigenvalue weighted by Crippen LogP contribution is 2.31. The molecule has 1 heterocycles. The number of carbonyl (C=O) groups excluding carboxylic acids is 1. The van der Waals surface area contributed by atoms with Gasteiger partial charge in [0, 0.05) is 12.6 Å². The van der Waals surface area contributed by atoms with Crippen molar-refractivity contribution in [2.24, 2.45) is 5.92 Å². The van der Waals surface area contributed by atoms with Crippen LogP contribution >= 0.6 is 0 Å². The van der Waals surface area contributed by atoms with E-state index in [1.807, 2.05) is 0 Å². The van der Waals surface area contributed by atoms with Gasteiger partial charge in [-0.1, -0.05) is 12.5 Å². The molecule has 1 saturated carbocycles. The van der Waals surface area contributed by atoms with Gasteiger partial charge in [0.15, 0.2) is 11.6 Å². The normalized spacial score (nSPS) is 20.3. The number of hydrogen-bond acceptors (Lipinski definition) is 5. The highest BCUT2D eigenvalue weighted by atomic mass is 32.2. The number of nitrogens with one attached hydrogen (secondary N) is 2. The molecule has 2 amide bonds. The lowest BCUT2D eigenvalue weighted by atomic mass is 10.1. The standard InChI is InChI=1S/C20H30FN3O5S/c1-14(16-7-8-17(21)18(11-16)29-13-15-5-6-15)23-30(27,28)10-4-2-3-9-24-19(25)12-22-20(24)26/h7-8,11,14-15,19,23,25H,2-6,9-10,12-13H2,1H3,(H,22,26)/t14-,19?/m1/s1. The molecule has 2 fully saturated rings. The number of benzene rings is 1. The molecule has 2 atom stereocenters. The fourth-order valence-electron chi connectivity index (χ4n) is 3.32. The zero-order chi connectivity index (χ0) is 21.7. The van der Waals surface area contributed by atoms with Gasteiger partial charge < -0.3 is 15.2 Å². The molecular formula is C20H30FN3O5S. The van der Waals surface area contributed by atoms with E-state index in [0.29, 0.717) is 43.9 Å². The van der Waals surface area contributed by atoms with Crippen LogP contribution in [0.2, 0.25) is 0 Å². The third-order valence-electron chi connectivity index (χ3n) is 5.35. The molecule has 30 heavy (non-hydrogen) atoms. The van der Waals surface area contributed by atoms with Gasteiger partial charge in [0.25, 0.3) is 0 Å². The molecule has 1 unspecified atom stereocenters. The van der Waals surface area contributed by atoms with Gasteiger partial charge in [-0.25, -0.2) is 22.3 Å². The largest absolute Gasteiger partial charge is 0.490 e. The Balaban J connectivity index is 1.42. The maximum absolute atomic E-state index is 13.9. The Labute approximate surface area is 176 Å². The van der Waals surface area contributed by atoms with Gasteiger partial charge >= 0.3 is 6.03 Å². The number of amides is 2. The molecule has 3 rings (SSSR count). The molecule has 168 valence electrons. The van der Waals surface area contributed by atoms with Crippen LogP contribution in [0.3, 0.4) is 0 Å². The van der Waals surface area contributed by atoms with Crippen molar-refractivity contribution in [1.29, 1.82) is 0 Å². The van der Waals surface area contributed by atoms with E-state index in [1.165, 1.54) is 11.0 Å². The van der Waals surface area contributed by atoms with E-state index in [0.717, 1.165) is 12.8 Å². The lowest BCUT2D eigenvalue weighted by Gasteiger charge is -2.18. The molecule has 1 aromatic carbocycles. The van der Waals surface area contributed by atoms with Gasteiger partial charge in [0.1, 0.15) is 6.23 Å². The van der Waals surface area contributed by atoms with Crippen LogP contribution in [-0.4, -0.2) is 56.1 Å². The summed E-state index contributed by atoms with van der Waals surface area (Å²) in [5.74, 6) is 0.148. The molecule has 0 spiro atoms. The van der Waals surface area contributed by atoms with E-state index in [4.69, 9.17) is 4.74 Å². The maximum atomic E-state index is 13.9. The van der Waals surface area contributed by atoms with Crippen molar-refractivity contribution < 1.29 is 27.4 Å². The number of ether oxygens (including phenoxy) is 1. The van der Waals surface area contributed by atoms with Gasteiger partial charge in [-0.2, -0.15) is 0 Å². The third kappa shape index (κ3) is 6.55. The molecule has 1 saturated heterocycles. The van der Waals surface area contributed by atoms with E-state index in [2.05, 4.69) is 10.0 Å². The van der Waals surface area contributed by atoms with E-state index >= 15 is 0 Å². The number of halogens is 1. The molecule has 1 aliphatic heterocycles. The topological polar surface area (TPSA) is 108 Å². The Kier molecular flexibility index (Phi) is 7.54. The van der Waals surface area contributed by atoms with Crippen molar-refractivity contribution in [3.63, 3.8) is 0 Å². The fraction of sp³-hybridized carbons (Fsp3) is 0.650. The molecule has 2 aliphatic rings. The second kappa shape index (κ2) is 9.93. The first-order valence-corrected chi connectivity index (χ1v) is 12.0. The van der Waals surface area contributed by atoms with Gasteiger partial charge in [0.2, 0.25) is 10.0 Å². The highest BCUT2D eigenvalue weighted by molar-refractivity contribution is 7.89. The Bertz CT molecular complexity index is 847. The summed E-state index contributed by atoms with van der Waals surface area (Å²) in [6, 6.07) is 3.59. The number of nitrogens with zero attached hydrogens (tertiary/aromatic N) is 1. The van der Waals surface area contributed by atoms with E-state index in [1.54, 1.807) is 19.1 Å². The quantitative estimate of drug-likeness (QED) is 0.429. The number of aliphatic hydroxyl groups excluding tert-OH is 1. The lowest BCUT2D eigenvalue weighted by Crippen LogP contribution is -2.34. The van der Waals surface area contributed by atoms with Gasteiger partial charge in [0.05, 0.1) is 18.9 Å². The minimum atomic E-state index is -3.52. The molecule has 0 aromatic heterocycles. The minimum absolute atomic E-state index is 0.0433. The molecule has 8 nitrogen and oxygen atoms in total. The molecule has 3 N–H and O–H groups in total. The summed E-state index contributed by atoms with van der Waals surface area (Å²) >= 11 is 0. The van der Waals surface area contributed by atoms with Crippen molar-refractivity contribution in [3.05, 3.63) is 29.6 Å². The molecule has 0 radical (unpaired) electrons. The fourth-order valence-corrected chi connectivity index (χ4v) is 4.69. The molecule has 10 heteroatoms. The van der Waals surface area contributed by atoms with E-state index in [-0.39, 0.29) is 24.1 Å². The first kappa shape index (κ1) is 22.8. The number of urea groups is 1. The monoisotopic (exact) mass is 443 g/mol. The summed E-state index contributed by atoms with van der Waals surface area (Å²) in [5, 5.41) is 12.2. The first-order valence-electron chi connectivity index (χ1n) is 10.4. The number of rotatable bonds is 12. The summed E-state index contributed by atoms with van der Waals surface area (Å²) in [7, 11) is -3.52. The highest BCUT2D eigenvalue weighted by Gasteiger charge is 2.28. The number of aliphatic hydroxyl groups is 1. The predicted molar refractivity (Wildman–Crippen MR) is 110 cm³/mol. The summed E-state index contributed by atoms with van der Waals surface area (Å²) in [6.45, 7) is 2.79. The second-order valence-electron chi connectivity index (χ2n) is 8.02. The summed E-state index contributed by atoms with van der Waals surface area (Å²) in [6.07, 6.45) is 3.04. The summed E-state index contributed by atoms with van der Waals surface area (Å²) in [4.78, 5) is 12.8. The minimum Gasteiger partial charge on any atom is -0.490 e. The Morgan fingerprint density at radius 1 is 1.33 bits per heavy atom. The van der Waals surface area contributed by atoms with Crippen LogP contribution < -0.4 is 14.8 Å². The lowest BCUT2D eigenvalue weighted by molar-refractivity contribution is 0.0638. The van der Waals surface area contributed by atoms with Crippen LogP contribution in [0.1, 0.15) is 50.6 Å². The van der Waals surface area contributed by atoms with Crippen LogP contribution in [0, 0.1) is 11.7 Å². The zero-order valence-electron chi connectivity index (χ0n) is 17.1. The number of β-amino-alcohol motifs (C(OH)–C–C–N with tert-alkyl or cyclic N) is 1. The molecule has 0 bridgehead atoms. The molecular weight excluding hydrogens is 413 g/mol. The zero-order valence-corrected chi connectivity index (χ0v) is 18.0. The third-order valence-corrected chi connectivity index (χ3v) is 6.89. The van der Waals surface area contributed by atoms with Crippen molar-refractivity contribution in [1.82, 2.24) is 14.9 Å². The predicted octanol–water partition coefficient (Wildman–Crippen LogP) is 2.11. The van der Waals surface area contributed by atoms with E-state index in [9.17, 15) is 22.7 Å². The van der Waals surface area contributed by atoms with Crippen molar-refractivity contribution in [3.8, 4) is 5.75 Å². The van der Waals surface area contributed by atoms with Crippen LogP contribution in [0.5, 0.6) is 5.75 Å². The Morgan fingerprint density at radius 2 is 2.10 bits per heavy atom. The van der Waals surface area contributed by atoms with Crippen LogP contribution in [-0.2, 0) is 10.0 Å². The first-order chi connectivity index (χ1) is 14.2. The van der Waals surface area contributed by atoms with Crippen LogP contribution in [0.25, 0.3) is 0 Å². The smallest absolute Gasteiger partial charge is 0.319 e. The number of sulfonamides is 1. The number of carbonyl (C=O) groups is 1. The molecule has 1 aliphatic carbocycles.